The molecule has 4 unspecified atom stereocenters. The van der Waals surface area contributed by atoms with E-state index in [1.807, 2.05) is 24.3 Å². The molecule has 4 N–H and O–H groups in total. The fourth-order valence-corrected chi connectivity index (χ4v) is 3.83. The Hall–Kier alpha value is -1.01. The summed E-state index contributed by atoms with van der Waals surface area (Å²) in [6, 6.07) is 7.46. The quantitative estimate of drug-likeness (QED) is 0.726. The van der Waals surface area contributed by atoms with Gasteiger partial charge in [0.2, 0.25) is 0 Å². The third-order valence-corrected chi connectivity index (χ3v) is 5.14. The Bertz CT molecular complexity index is 520. The van der Waals surface area contributed by atoms with E-state index < -0.39 is 6.10 Å². The second-order valence-corrected chi connectivity index (χ2v) is 6.73. The van der Waals surface area contributed by atoms with Crippen molar-refractivity contribution in [1.29, 1.82) is 0 Å². The number of benzene rings is 1. The number of likely N-dealkylation sites (tertiary alicyclic amines) is 1. The van der Waals surface area contributed by atoms with Crippen molar-refractivity contribution in [3.05, 3.63) is 35.4 Å². The molecule has 4 nitrogen and oxygen atoms in total. The van der Waals surface area contributed by atoms with E-state index in [2.05, 4.69) is 4.90 Å². The zero-order valence-electron chi connectivity index (χ0n) is 12.0. The monoisotopic (exact) mass is 306 g/mol. The van der Waals surface area contributed by atoms with Gasteiger partial charge in [0.05, 0.1) is 12.2 Å². The van der Waals surface area contributed by atoms with Crippen LogP contribution in [0.5, 0.6) is 0 Å². The number of fused-ring (bicyclic) bond motifs is 1. The van der Waals surface area contributed by atoms with Crippen molar-refractivity contribution in [3.8, 4) is 0 Å². The van der Waals surface area contributed by atoms with Crippen LogP contribution < -0.4 is 5.73 Å². The first-order chi connectivity index (χ1) is 10.0. The van der Waals surface area contributed by atoms with Gasteiger partial charge in [0.25, 0.3) is 0 Å². The first kappa shape index (κ1) is 14.9. The number of β-amino-alcohol motifs (C(OH)–C–C–N with tert-alkyl or cyclic N) is 1. The van der Waals surface area contributed by atoms with E-state index in [9.17, 15) is 10.2 Å². The minimum Gasteiger partial charge on any atom is -0.393 e. The highest BCUT2D eigenvalue weighted by atomic mass is 32.1. The van der Waals surface area contributed by atoms with Crippen LogP contribution in [0, 0.1) is 11.8 Å². The van der Waals surface area contributed by atoms with Gasteiger partial charge < -0.3 is 15.9 Å². The predicted molar refractivity (Wildman–Crippen MR) is 86.0 cm³/mol. The van der Waals surface area contributed by atoms with Crippen molar-refractivity contribution in [2.24, 2.45) is 17.6 Å². The van der Waals surface area contributed by atoms with Gasteiger partial charge in [0.1, 0.15) is 4.99 Å². The molecule has 1 aromatic rings. The van der Waals surface area contributed by atoms with Gasteiger partial charge in [-0.1, -0.05) is 36.5 Å². The molecule has 0 spiro atoms. The van der Waals surface area contributed by atoms with Crippen molar-refractivity contribution in [1.82, 2.24) is 4.90 Å². The molecule has 21 heavy (non-hydrogen) atoms. The van der Waals surface area contributed by atoms with Gasteiger partial charge in [-0.25, -0.2) is 0 Å². The van der Waals surface area contributed by atoms with E-state index in [1.165, 1.54) is 0 Å². The molecule has 0 radical (unpaired) electrons. The summed E-state index contributed by atoms with van der Waals surface area (Å²) in [5, 5.41) is 20.3. The van der Waals surface area contributed by atoms with E-state index >= 15 is 0 Å². The third kappa shape index (κ3) is 3.11. The van der Waals surface area contributed by atoms with Gasteiger partial charge in [-0.05, 0) is 24.3 Å². The molecule has 1 aliphatic carbocycles. The van der Waals surface area contributed by atoms with Crippen molar-refractivity contribution < 1.29 is 10.2 Å². The Morgan fingerprint density at radius 3 is 2.62 bits per heavy atom. The number of rotatable bonds is 4. The summed E-state index contributed by atoms with van der Waals surface area (Å²) in [4.78, 5) is 2.64. The van der Waals surface area contributed by atoms with Crippen LogP contribution in [-0.4, -0.2) is 45.8 Å². The van der Waals surface area contributed by atoms with Gasteiger partial charge in [0.15, 0.2) is 0 Å². The lowest BCUT2D eigenvalue weighted by Crippen LogP contribution is -2.29. The van der Waals surface area contributed by atoms with Gasteiger partial charge in [0, 0.05) is 31.1 Å². The van der Waals surface area contributed by atoms with Crippen LogP contribution in [0.1, 0.15) is 30.1 Å². The second kappa shape index (κ2) is 6.01. The average molecular weight is 306 g/mol. The minimum atomic E-state index is -0.513. The van der Waals surface area contributed by atoms with Crippen molar-refractivity contribution in [2.75, 3.05) is 19.6 Å². The van der Waals surface area contributed by atoms with Crippen LogP contribution in [0.15, 0.2) is 24.3 Å². The topological polar surface area (TPSA) is 69.7 Å². The van der Waals surface area contributed by atoms with Gasteiger partial charge in [-0.3, -0.25) is 4.90 Å². The Morgan fingerprint density at radius 1 is 1.29 bits per heavy atom. The highest BCUT2D eigenvalue weighted by Gasteiger charge is 2.41. The molecule has 114 valence electrons. The molecule has 1 heterocycles. The number of hydrogen-bond donors (Lipinski definition) is 3. The molecular formula is C16H22N2O2S. The maximum atomic E-state index is 10.4. The first-order valence-electron chi connectivity index (χ1n) is 7.53. The molecule has 0 bridgehead atoms. The summed E-state index contributed by atoms with van der Waals surface area (Å²) in [7, 11) is 0. The number of hydrogen-bond acceptors (Lipinski definition) is 4. The number of nitrogens with zero attached hydrogens (tertiary/aromatic N) is 1. The van der Waals surface area contributed by atoms with Crippen LogP contribution in [0.25, 0.3) is 0 Å². The molecule has 2 aliphatic rings. The number of aliphatic hydroxyl groups excluding tert-OH is 2. The van der Waals surface area contributed by atoms with E-state index in [1.54, 1.807) is 0 Å². The number of thiocarbonyl (C=S) groups is 1. The number of aliphatic hydroxyl groups is 2. The Labute approximate surface area is 130 Å². The lowest BCUT2D eigenvalue weighted by molar-refractivity contribution is 0.101. The summed E-state index contributed by atoms with van der Waals surface area (Å²) in [5.74, 6) is 0.998. The summed E-state index contributed by atoms with van der Waals surface area (Å²) in [6.07, 6.45) is 1.39. The van der Waals surface area contributed by atoms with Crippen molar-refractivity contribution in [3.63, 3.8) is 0 Å². The van der Waals surface area contributed by atoms with Gasteiger partial charge in [-0.2, -0.15) is 0 Å². The molecule has 3 rings (SSSR count). The van der Waals surface area contributed by atoms with Crippen LogP contribution in [0.2, 0.25) is 0 Å². The van der Waals surface area contributed by atoms with E-state index in [4.69, 9.17) is 18.0 Å². The Morgan fingerprint density at radius 2 is 2.00 bits per heavy atom. The molecular weight excluding hydrogens is 284 g/mol. The lowest BCUT2D eigenvalue weighted by atomic mass is 10.00. The average Bonchev–Trinajstić information content (AvgIpc) is 3.01. The Balaban J connectivity index is 1.59. The summed E-state index contributed by atoms with van der Waals surface area (Å²) >= 11 is 4.93. The van der Waals surface area contributed by atoms with Crippen molar-refractivity contribution in [2.45, 2.75) is 25.0 Å². The van der Waals surface area contributed by atoms with Gasteiger partial charge >= 0.3 is 0 Å². The standard InChI is InChI=1S/C16H22N2O2S/c17-16(21)11-3-1-10(2-4-11)15(20)9-18-7-12-5-6-14(19)13(12)8-18/h1-4,12-15,19-20H,5-9H2,(H2,17,21). The molecule has 1 aromatic carbocycles. The minimum absolute atomic E-state index is 0.151. The molecule has 5 heteroatoms. The van der Waals surface area contributed by atoms with Crippen LogP contribution in [0.3, 0.4) is 0 Å². The summed E-state index contributed by atoms with van der Waals surface area (Å²) < 4.78 is 0. The summed E-state index contributed by atoms with van der Waals surface area (Å²) in [5.41, 5.74) is 7.28. The zero-order valence-corrected chi connectivity index (χ0v) is 12.8. The largest absolute Gasteiger partial charge is 0.393 e. The molecule has 0 amide bonds. The normalized spacial score (nSPS) is 30.3. The Kier molecular flexibility index (Phi) is 4.26. The van der Waals surface area contributed by atoms with E-state index in [0.29, 0.717) is 23.4 Å². The summed E-state index contributed by atoms with van der Waals surface area (Å²) in [6.45, 7) is 2.50. The molecule has 1 saturated carbocycles. The first-order valence-corrected chi connectivity index (χ1v) is 7.93. The van der Waals surface area contributed by atoms with Crippen LogP contribution in [0.4, 0.5) is 0 Å². The van der Waals surface area contributed by atoms with Crippen LogP contribution in [-0.2, 0) is 0 Å². The highest BCUT2D eigenvalue weighted by Crippen LogP contribution is 2.38. The smallest absolute Gasteiger partial charge is 0.103 e. The molecule has 1 saturated heterocycles. The predicted octanol–water partition coefficient (Wildman–Crippen LogP) is 1.06. The molecule has 4 atom stereocenters. The fourth-order valence-electron chi connectivity index (χ4n) is 3.70. The van der Waals surface area contributed by atoms with E-state index in [-0.39, 0.29) is 6.10 Å². The van der Waals surface area contributed by atoms with Gasteiger partial charge in [-0.15, -0.1) is 0 Å². The third-order valence-electron chi connectivity index (χ3n) is 4.91. The maximum Gasteiger partial charge on any atom is 0.103 e. The second-order valence-electron chi connectivity index (χ2n) is 6.29. The molecule has 1 aliphatic heterocycles. The molecule has 2 fully saturated rings. The van der Waals surface area contributed by atoms with Crippen LogP contribution >= 0.6 is 12.2 Å². The lowest BCUT2D eigenvalue weighted by Gasteiger charge is -2.21. The van der Waals surface area contributed by atoms with E-state index in [0.717, 1.165) is 37.1 Å². The SMILES string of the molecule is NC(=S)c1ccc(C(O)CN2CC3CCC(O)C3C2)cc1. The zero-order chi connectivity index (χ0) is 15.0. The maximum absolute atomic E-state index is 10.4. The van der Waals surface area contributed by atoms with Crippen molar-refractivity contribution >= 4 is 17.2 Å². The highest BCUT2D eigenvalue weighted by molar-refractivity contribution is 7.80. The number of nitrogens with two attached hydrogens (primary N) is 1. The molecule has 0 aromatic heterocycles. The fraction of sp³-hybridized carbons (Fsp3) is 0.562.